The van der Waals surface area contributed by atoms with Gasteiger partial charge >= 0.3 is 30.9 Å². The van der Waals surface area contributed by atoms with E-state index in [0.717, 1.165) is 82.9 Å². The van der Waals surface area contributed by atoms with Crippen molar-refractivity contribution in [2.45, 2.75) is 97.6 Å². The number of carbonyl (C=O) groups is 6. The minimum absolute atomic E-state index is 0.0909. The average molecular weight is 1830 g/mol. The summed E-state index contributed by atoms with van der Waals surface area (Å²) < 4.78 is 238. The fraction of sp³-hybridized carbons (Fsp3) is 0.165. The predicted octanol–water partition coefficient (Wildman–Crippen LogP) is 23.2. The number of amides is 1. The van der Waals surface area contributed by atoms with Gasteiger partial charge in [0.05, 0.1) is 58.2 Å². The van der Waals surface area contributed by atoms with E-state index < -0.39 is 94.1 Å². The highest BCUT2D eigenvalue weighted by molar-refractivity contribution is 6.05. The van der Waals surface area contributed by atoms with Crippen molar-refractivity contribution in [3.05, 3.63) is 390 Å². The molecule has 684 valence electrons. The van der Waals surface area contributed by atoms with Gasteiger partial charge in [0.1, 0.15) is 23.2 Å². The fourth-order valence-electron chi connectivity index (χ4n) is 12.2. The number of halogens is 18. The topological polar surface area (TPSA) is 298 Å². The van der Waals surface area contributed by atoms with Gasteiger partial charge in [-0.1, -0.05) is 103 Å². The number of imidazole rings is 1. The summed E-state index contributed by atoms with van der Waals surface area (Å²) in [6.45, 7) is 9.00. The van der Waals surface area contributed by atoms with E-state index in [0.29, 0.717) is 85.6 Å². The van der Waals surface area contributed by atoms with Gasteiger partial charge in [-0.15, -0.1) is 0 Å². The molecule has 0 radical (unpaired) electrons. The lowest BCUT2D eigenvalue weighted by molar-refractivity contribution is -0.138. The third-order valence-corrected chi connectivity index (χ3v) is 19.5. The Labute approximate surface area is 738 Å². The van der Waals surface area contributed by atoms with E-state index in [9.17, 15) is 108 Å². The molecule has 34 heteroatoms. The first-order chi connectivity index (χ1) is 61.2. The van der Waals surface area contributed by atoms with E-state index in [-0.39, 0.29) is 93.6 Å². The maximum Gasteiger partial charge on any atom is 0.416 e. The van der Waals surface area contributed by atoms with E-state index in [2.05, 4.69) is 10.3 Å². The number of nitrogens with one attached hydrogen (secondary N) is 1. The Morgan fingerprint density at radius 1 is 0.351 bits per heavy atom. The second kappa shape index (κ2) is 43.7. The van der Waals surface area contributed by atoms with Crippen LogP contribution in [0, 0.1) is 52.1 Å². The molecule has 0 bridgehead atoms. The molecule has 16 nitrogen and oxygen atoms in total. The third kappa shape index (κ3) is 30.1. The first-order valence-corrected chi connectivity index (χ1v) is 39.0. The number of hydrogen-bond donors (Lipinski definition) is 7. The molecule has 0 atom stereocenters. The molecule has 13 rings (SSSR count). The molecule has 0 aliphatic carbocycles. The van der Waals surface area contributed by atoms with Crippen LogP contribution in [0.5, 0.6) is 5.75 Å². The van der Waals surface area contributed by atoms with Gasteiger partial charge in [0.25, 0.3) is 5.91 Å². The SMILES string of the molecule is COc1ccc(N)cc1C(=O)Cc1cccc(C(F)(F)F)c1.Cc1ccc(C(=O)Cc2cc(C(F)(F)F)ccc2F)cc1N.Cc1ccc(C(=O)Cc2cccc(C(F)(F)F)c2)cc1N.Cc1ccc(C(=O)Nc2cccc(F)c2)cc1N.Cc1cn(-c2cc(CC(=O)c3ccc(C)c(N)c3)cc(C(F)(F)F)c2)cn1.Nc1cc(C(=O)Cc2cccc(C(F)(F)F)c2)ccc1F. The highest BCUT2D eigenvalue weighted by Gasteiger charge is 2.36. The average Bonchev–Trinajstić information content (AvgIpc) is 1.70. The molecule has 0 fully saturated rings. The summed E-state index contributed by atoms with van der Waals surface area (Å²) in [6.07, 6.45) is -20.4. The zero-order valence-electron chi connectivity index (χ0n) is 70.3. The summed E-state index contributed by atoms with van der Waals surface area (Å²) in [5, 5.41) is 2.61. The number of anilines is 7. The minimum Gasteiger partial charge on any atom is -0.496 e. The molecule has 0 spiro atoms. The van der Waals surface area contributed by atoms with Gasteiger partial charge in [-0.3, -0.25) is 28.8 Å². The second-order valence-corrected chi connectivity index (χ2v) is 29.7. The van der Waals surface area contributed by atoms with E-state index in [1.165, 1.54) is 103 Å². The molecule has 1 amide bonds. The number of benzene rings is 12. The largest absolute Gasteiger partial charge is 0.496 e. The lowest BCUT2D eigenvalue weighted by atomic mass is 9.99. The van der Waals surface area contributed by atoms with Crippen LogP contribution in [0.3, 0.4) is 0 Å². The zero-order chi connectivity index (χ0) is 96.9. The number of ketones is 5. The number of Topliss-reactive ketones (excluding diaryl/α,β-unsaturated/α-hetero) is 5. The van der Waals surface area contributed by atoms with E-state index in [4.69, 9.17) is 39.1 Å². The van der Waals surface area contributed by atoms with Crippen molar-refractivity contribution in [3.63, 3.8) is 0 Å². The monoisotopic (exact) mass is 1830 g/mol. The number of nitrogen functional groups attached to an aromatic ring is 6. The van der Waals surface area contributed by atoms with Crippen LogP contribution < -0.4 is 44.5 Å². The zero-order valence-corrected chi connectivity index (χ0v) is 70.3. The summed E-state index contributed by atoms with van der Waals surface area (Å²) in [5.41, 5.74) is 39.4. The van der Waals surface area contributed by atoms with Gasteiger partial charge < -0.3 is 49.0 Å². The van der Waals surface area contributed by atoms with E-state index >= 15 is 0 Å². The number of hydrogen-bond acceptors (Lipinski definition) is 14. The molecule has 1 heterocycles. The molecule has 0 aliphatic heterocycles. The van der Waals surface area contributed by atoms with Crippen molar-refractivity contribution in [2.75, 3.05) is 46.8 Å². The van der Waals surface area contributed by atoms with E-state index in [1.807, 2.05) is 20.8 Å². The quantitative estimate of drug-likeness (QED) is 0.0225. The van der Waals surface area contributed by atoms with Crippen molar-refractivity contribution in [1.29, 1.82) is 0 Å². The number of nitrogens with two attached hydrogens (primary N) is 6. The van der Waals surface area contributed by atoms with Crippen molar-refractivity contribution in [2.24, 2.45) is 0 Å². The first kappa shape index (κ1) is 101. The molecule has 12 aromatic carbocycles. The highest BCUT2D eigenvalue weighted by atomic mass is 19.4. The summed E-state index contributed by atoms with van der Waals surface area (Å²) in [4.78, 5) is 76.9. The number of nitrogens with zero attached hydrogens (tertiary/aromatic N) is 2. The van der Waals surface area contributed by atoms with Crippen LogP contribution in [-0.2, 0) is 63.0 Å². The molecule has 0 unspecified atom stereocenters. The maximum atomic E-state index is 13.6. The minimum atomic E-state index is -4.58. The van der Waals surface area contributed by atoms with Crippen LogP contribution in [0.15, 0.2) is 255 Å². The number of ether oxygens (including phenoxy) is 1. The fourth-order valence-corrected chi connectivity index (χ4v) is 12.2. The second-order valence-electron chi connectivity index (χ2n) is 29.7. The smallest absolute Gasteiger partial charge is 0.416 e. The van der Waals surface area contributed by atoms with Gasteiger partial charge in [0, 0.05) is 106 Å². The van der Waals surface area contributed by atoms with Crippen molar-refractivity contribution in [1.82, 2.24) is 9.55 Å². The third-order valence-electron chi connectivity index (χ3n) is 19.5. The van der Waals surface area contributed by atoms with Crippen LogP contribution in [0.1, 0.15) is 146 Å². The molecule has 0 saturated heterocycles. The lowest BCUT2D eigenvalue weighted by Crippen LogP contribution is -2.12. The molecule has 1 aromatic heterocycles. The van der Waals surface area contributed by atoms with Crippen LogP contribution in [-0.4, -0.2) is 51.5 Å². The van der Waals surface area contributed by atoms with Crippen molar-refractivity contribution in [3.8, 4) is 11.4 Å². The molecular weight excluding hydrogens is 1750 g/mol. The molecule has 13 aromatic rings. The number of carbonyl (C=O) groups excluding carboxylic acids is 6. The Morgan fingerprint density at radius 2 is 0.725 bits per heavy atom. The normalized spacial score (nSPS) is 11.3. The van der Waals surface area contributed by atoms with Gasteiger partial charge in [-0.25, -0.2) is 18.2 Å². The predicted molar refractivity (Wildman–Crippen MR) is 464 cm³/mol. The van der Waals surface area contributed by atoms with Crippen LogP contribution in [0.4, 0.5) is 119 Å². The Morgan fingerprint density at radius 3 is 1.13 bits per heavy atom. The molecule has 0 saturated carbocycles. The van der Waals surface area contributed by atoms with Crippen LogP contribution >= 0.6 is 0 Å². The molecule has 131 heavy (non-hydrogen) atoms. The van der Waals surface area contributed by atoms with Crippen LogP contribution in [0.2, 0.25) is 0 Å². The van der Waals surface area contributed by atoms with Crippen molar-refractivity contribution < 1.29 is 113 Å². The number of aryl methyl sites for hydroxylation is 5. The summed E-state index contributed by atoms with van der Waals surface area (Å²) >= 11 is 0. The lowest BCUT2D eigenvalue weighted by Gasteiger charge is -2.13. The summed E-state index contributed by atoms with van der Waals surface area (Å²) in [7, 11) is 1.41. The number of aromatic nitrogens is 2. The van der Waals surface area contributed by atoms with Crippen LogP contribution in [0.25, 0.3) is 5.69 Å². The molecular formula is C97H83F18N9O7. The van der Waals surface area contributed by atoms with Gasteiger partial charge in [-0.05, 0) is 224 Å². The highest BCUT2D eigenvalue weighted by Crippen LogP contribution is 2.37. The summed E-state index contributed by atoms with van der Waals surface area (Å²) in [5.74, 6) is -3.70. The Balaban J connectivity index is 0.000000195. The summed E-state index contributed by atoms with van der Waals surface area (Å²) in [6, 6.07) is 52.8. The number of alkyl halides is 15. The van der Waals surface area contributed by atoms with Crippen molar-refractivity contribution >= 4 is 74.6 Å². The van der Waals surface area contributed by atoms with Gasteiger partial charge in [-0.2, -0.15) is 65.9 Å². The van der Waals surface area contributed by atoms with Gasteiger partial charge in [0.15, 0.2) is 28.9 Å². The Kier molecular flexibility index (Phi) is 33.8. The molecule has 0 aliphatic rings. The standard InChI is InChI=1S/C20H18F3N3O.C16H13F4NO.C16H14F3NO2.C16H14F3NO.C15H11F4NO.C14H13FN2O/c1-12-3-4-15(8-18(12)24)19(27)7-14-5-16(20(21,22)23)9-17(6-14)26-10-13(2)25-11-26;1-9-2-3-10(7-14(9)21)15(22)8-11-6-12(16(18,19)20)4-5-13(11)17;1-22-15-6-5-12(20)9-13(15)14(21)8-10-3-2-4-11(7-10)16(17,18)19;1-10-5-6-12(9-14(10)20)15(21)8-11-3-2-4-13(7-11)16(17,18)19;16-12-5-4-10(8-13(12)20)14(21)7-9-2-1-3-11(6-9)15(17,18)19;1-9-5-6-10(7-13(9)16)14(18)17-12-4-2-3-11(15)8-12/h3-6,8-11H,7,24H2,1-2H3;2-7H,8,21H2,1H3;2-7,9H,8,20H2,1H3;2-7,9H,8,20H2,1H3;1-6,8H,7,20H2;2-8H,16H2,1H3,(H,17,18). The first-order valence-electron chi connectivity index (χ1n) is 39.0. The van der Waals surface area contributed by atoms with E-state index in [1.54, 1.807) is 105 Å². The molecule has 13 N–H and O–H groups in total. The van der Waals surface area contributed by atoms with Gasteiger partial charge in [0.2, 0.25) is 0 Å². The number of methoxy groups -OCH3 is 1. The Bertz CT molecular complexity index is 6200. The number of rotatable bonds is 19. The maximum absolute atomic E-state index is 13.6. The Hall–Kier alpha value is -15.0.